The Balaban J connectivity index is 2.22. The molecule has 1 amide bonds. The quantitative estimate of drug-likeness (QED) is 0.847. The molecule has 7 heteroatoms. The Kier molecular flexibility index (Phi) is 5.57. The van der Waals surface area contributed by atoms with Crippen LogP contribution in [0.15, 0.2) is 24.3 Å². The summed E-state index contributed by atoms with van der Waals surface area (Å²) in [4.78, 5) is 21.0. The topological polar surface area (TPSA) is 85.4 Å². The maximum atomic E-state index is 12.5. The Hall–Kier alpha value is -2.83. The number of hydrogen-bond acceptors (Lipinski definition) is 6. The lowest BCUT2D eigenvalue weighted by Crippen LogP contribution is -2.18. The van der Waals surface area contributed by atoms with Gasteiger partial charge in [0.15, 0.2) is 11.5 Å². The minimum atomic E-state index is -0.320. The molecule has 1 aromatic carbocycles. The molecule has 0 aliphatic rings. The first kappa shape index (κ1) is 17.5. The molecular formula is C17H22N4O3. The van der Waals surface area contributed by atoms with E-state index < -0.39 is 0 Å². The van der Waals surface area contributed by atoms with Gasteiger partial charge in [0, 0.05) is 23.5 Å². The van der Waals surface area contributed by atoms with Gasteiger partial charge in [-0.05, 0) is 39.0 Å². The van der Waals surface area contributed by atoms with Crippen molar-refractivity contribution in [1.82, 2.24) is 9.97 Å². The smallest absolute Gasteiger partial charge is 0.274 e. The van der Waals surface area contributed by atoms with Gasteiger partial charge in [-0.1, -0.05) is 0 Å². The highest BCUT2D eigenvalue weighted by molar-refractivity contribution is 6.03. The highest BCUT2D eigenvalue weighted by atomic mass is 16.5. The van der Waals surface area contributed by atoms with E-state index in [-0.39, 0.29) is 11.9 Å². The lowest BCUT2D eigenvalue weighted by atomic mass is 10.2. The van der Waals surface area contributed by atoms with Gasteiger partial charge in [-0.15, -0.1) is 0 Å². The normalized spacial score (nSPS) is 10.4. The molecule has 0 atom stereocenters. The molecule has 1 aromatic heterocycles. The van der Waals surface area contributed by atoms with E-state index in [1.165, 1.54) is 0 Å². The molecule has 7 nitrogen and oxygen atoms in total. The number of carbonyl (C=O) groups is 1. The number of benzene rings is 1. The van der Waals surface area contributed by atoms with Crippen LogP contribution in [-0.4, -0.2) is 36.1 Å². The van der Waals surface area contributed by atoms with Gasteiger partial charge in [0.25, 0.3) is 5.91 Å². The van der Waals surface area contributed by atoms with Crippen molar-refractivity contribution in [1.29, 1.82) is 0 Å². The van der Waals surface area contributed by atoms with E-state index in [0.29, 0.717) is 34.5 Å². The maximum Gasteiger partial charge on any atom is 0.274 e. The van der Waals surface area contributed by atoms with E-state index >= 15 is 0 Å². The monoisotopic (exact) mass is 330 g/mol. The Labute approximate surface area is 141 Å². The predicted molar refractivity (Wildman–Crippen MR) is 93.0 cm³/mol. The molecule has 0 aliphatic heterocycles. The number of hydrogen-bond donors (Lipinski definition) is 2. The van der Waals surface area contributed by atoms with E-state index in [9.17, 15) is 4.79 Å². The van der Waals surface area contributed by atoms with Crippen LogP contribution in [0.5, 0.6) is 11.5 Å². The highest BCUT2D eigenvalue weighted by Gasteiger charge is 2.13. The molecule has 24 heavy (non-hydrogen) atoms. The van der Waals surface area contributed by atoms with Gasteiger partial charge in [-0.3, -0.25) is 4.79 Å². The van der Waals surface area contributed by atoms with Crippen molar-refractivity contribution in [2.45, 2.75) is 26.8 Å². The van der Waals surface area contributed by atoms with Crippen molar-refractivity contribution in [2.75, 3.05) is 24.9 Å². The van der Waals surface area contributed by atoms with Crippen LogP contribution in [0.1, 0.15) is 30.0 Å². The fourth-order valence-electron chi connectivity index (χ4n) is 2.12. The number of ether oxygens (including phenoxy) is 2. The summed E-state index contributed by atoms with van der Waals surface area (Å²) >= 11 is 0. The molecular weight excluding hydrogens is 308 g/mol. The molecule has 0 spiro atoms. The number of anilines is 2. The Morgan fingerprint density at radius 1 is 1.08 bits per heavy atom. The lowest BCUT2D eigenvalue weighted by molar-refractivity contribution is 0.102. The summed E-state index contributed by atoms with van der Waals surface area (Å²) in [7, 11) is 3.10. The van der Waals surface area contributed by atoms with Crippen LogP contribution < -0.4 is 20.1 Å². The van der Waals surface area contributed by atoms with Crippen molar-refractivity contribution in [2.24, 2.45) is 0 Å². The number of aryl methyl sites for hydroxylation is 1. The van der Waals surface area contributed by atoms with Gasteiger partial charge >= 0.3 is 0 Å². The Morgan fingerprint density at radius 2 is 1.79 bits per heavy atom. The lowest BCUT2D eigenvalue weighted by Gasteiger charge is -2.12. The molecule has 2 rings (SSSR count). The number of methoxy groups -OCH3 is 2. The molecule has 0 unspecified atom stereocenters. The fourth-order valence-corrected chi connectivity index (χ4v) is 2.12. The second kappa shape index (κ2) is 7.63. The molecule has 0 aliphatic carbocycles. The van der Waals surface area contributed by atoms with Crippen LogP contribution in [0.3, 0.4) is 0 Å². The van der Waals surface area contributed by atoms with Crippen LogP contribution in [0.2, 0.25) is 0 Å². The summed E-state index contributed by atoms with van der Waals surface area (Å²) in [6.07, 6.45) is 0. The SMILES string of the molecule is COc1ccc(NC(=O)c2cc(C)nc(NC(C)C)n2)cc1OC. The minimum Gasteiger partial charge on any atom is -0.493 e. The van der Waals surface area contributed by atoms with Crippen molar-refractivity contribution >= 4 is 17.5 Å². The third-order valence-corrected chi connectivity index (χ3v) is 3.15. The highest BCUT2D eigenvalue weighted by Crippen LogP contribution is 2.29. The zero-order chi connectivity index (χ0) is 17.7. The molecule has 1 heterocycles. The zero-order valence-corrected chi connectivity index (χ0v) is 14.5. The standard InChI is InChI=1S/C17H22N4O3/c1-10(2)18-17-19-11(3)8-13(21-17)16(22)20-12-6-7-14(23-4)15(9-12)24-5/h6-10H,1-5H3,(H,20,22)(H,18,19,21). The maximum absolute atomic E-state index is 12.5. The summed E-state index contributed by atoms with van der Waals surface area (Å²) in [5, 5.41) is 5.90. The number of carbonyl (C=O) groups excluding carboxylic acids is 1. The van der Waals surface area contributed by atoms with E-state index in [1.54, 1.807) is 38.5 Å². The van der Waals surface area contributed by atoms with Gasteiger partial charge in [-0.25, -0.2) is 9.97 Å². The fraction of sp³-hybridized carbons (Fsp3) is 0.353. The average molecular weight is 330 g/mol. The number of nitrogens with one attached hydrogen (secondary N) is 2. The summed E-state index contributed by atoms with van der Waals surface area (Å²) in [6.45, 7) is 5.78. The van der Waals surface area contributed by atoms with E-state index in [4.69, 9.17) is 9.47 Å². The van der Waals surface area contributed by atoms with Gasteiger partial charge < -0.3 is 20.1 Å². The van der Waals surface area contributed by atoms with Crippen molar-refractivity contribution in [3.63, 3.8) is 0 Å². The van der Waals surface area contributed by atoms with Crippen LogP contribution in [0.25, 0.3) is 0 Å². The van der Waals surface area contributed by atoms with Gasteiger partial charge in [-0.2, -0.15) is 0 Å². The van der Waals surface area contributed by atoms with Crippen LogP contribution in [0.4, 0.5) is 11.6 Å². The van der Waals surface area contributed by atoms with Crippen molar-refractivity contribution in [3.05, 3.63) is 35.7 Å². The predicted octanol–water partition coefficient (Wildman–Crippen LogP) is 2.87. The first-order valence-corrected chi connectivity index (χ1v) is 7.58. The first-order chi connectivity index (χ1) is 11.4. The summed E-state index contributed by atoms with van der Waals surface area (Å²) in [6, 6.07) is 6.97. The summed E-state index contributed by atoms with van der Waals surface area (Å²) < 4.78 is 10.4. The molecule has 0 radical (unpaired) electrons. The van der Waals surface area contributed by atoms with Crippen molar-refractivity contribution in [3.8, 4) is 11.5 Å². The Morgan fingerprint density at radius 3 is 2.42 bits per heavy atom. The van der Waals surface area contributed by atoms with E-state index in [0.717, 1.165) is 0 Å². The zero-order valence-electron chi connectivity index (χ0n) is 14.5. The number of rotatable bonds is 6. The van der Waals surface area contributed by atoms with E-state index in [2.05, 4.69) is 20.6 Å². The largest absolute Gasteiger partial charge is 0.493 e. The van der Waals surface area contributed by atoms with E-state index in [1.807, 2.05) is 20.8 Å². The van der Waals surface area contributed by atoms with Gasteiger partial charge in [0.05, 0.1) is 14.2 Å². The molecule has 2 aromatic rings. The molecule has 0 saturated heterocycles. The Bertz CT molecular complexity index is 732. The van der Waals surface area contributed by atoms with Crippen LogP contribution >= 0.6 is 0 Å². The second-order valence-electron chi connectivity index (χ2n) is 5.54. The molecule has 2 N–H and O–H groups in total. The number of nitrogens with zero attached hydrogens (tertiary/aromatic N) is 2. The van der Waals surface area contributed by atoms with Crippen molar-refractivity contribution < 1.29 is 14.3 Å². The van der Waals surface area contributed by atoms with Gasteiger partial charge in [0.1, 0.15) is 5.69 Å². The average Bonchev–Trinajstić information content (AvgIpc) is 2.53. The second-order valence-corrected chi connectivity index (χ2v) is 5.54. The van der Waals surface area contributed by atoms with Gasteiger partial charge in [0.2, 0.25) is 5.95 Å². The first-order valence-electron chi connectivity index (χ1n) is 7.58. The number of amides is 1. The minimum absolute atomic E-state index is 0.175. The molecule has 0 fully saturated rings. The molecule has 128 valence electrons. The van der Waals surface area contributed by atoms with Crippen LogP contribution in [-0.2, 0) is 0 Å². The molecule has 0 saturated carbocycles. The summed E-state index contributed by atoms with van der Waals surface area (Å²) in [5.74, 6) is 1.25. The number of aromatic nitrogens is 2. The third-order valence-electron chi connectivity index (χ3n) is 3.15. The van der Waals surface area contributed by atoms with Crippen LogP contribution in [0, 0.1) is 6.92 Å². The summed E-state index contributed by atoms with van der Waals surface area (Å²) in [5.41, 5.74) is 1.60. The molecule has 0 bridgehead atoms. The third kappa shape index (κ3) is 4.34.